The van der Waals surface area contributed by atoms with Crippen molar-refractivity contribution in [3.8, 4) is 0 Å². The normalized spacial score (nSPS) is 12.5. The van der Waals surface area contributed by atoms with Crippen LogP contribution in [0.25, 0.3) is 0 Å². The van der Waals surface area contributed by atoms with Crippen molar-refractivity contribution < 1.29 is 17.6 Å². The maximum absolute atomic E-state index is 13.4. The molecular formula is C19H22ClFN2O3S. The first-order valence-electron chi connectivity index (χ1n) is 8.40. The summed E-state index contributed by atoms with van der Waals surface area (Å²) < 4.78 is 38.5. The molecular weight excluding hydrogens is 391 g/mol. The number of benzene rings is 2. The van der Waals surface area contributed by atoms with Gasteiger partial charge in [-0.3, -0.25) is 9.10 Å². The number of nitrogens with one attached hydrogen (secondary N) is 1. The molecule has 1 atom stereocenters. The Bertz CT molecular complexity index is 917. The highest BCUT2D eigenvalue weighted by Crippen LogP contribution is 2.24. The van der Waals surface area contributed by atoms with Crippen molar-refractivity contribution in [1.82, 2.24) is 5.32 Å². The number of nitrogens with zero attached hydrogens (tertiary/aromatic N) is 1. The smallest absolute Gasteiger partial charge is 0.241 e. The summed E-state index contributed by atoms with van der Waals surface area (Å²) in [6.45, 7) is 3.48. The van der Waals surface area contributed by atoms with Crippen LogP contribution in [0.1, 0.15) is 30.5 Å². The van der Waals surface area contributed by atoms with Crippen molar-refractivity contribution >= 4 is 33.2 Å². The fourth-order valence-electron chi connectivity index (χ4n) is 2.63. The van der Waals surface area contributed by atoms with E-state index < -0.39 is 28.3 Å². The molecule has 0 aliphatic heterocycles. The summed E-state index contributed by atoms with van der Waals surface area (Å²) in [5.41, 5.74) is 2.17. The van der Waals surface area contributed by atoms with Gasteiger partial charge in [0.15, 0.2) is 0 Å². The second-order valence-electron chi connectivity index (χ2n) is 6.31. The summed E-state index contributed by atoms with van der Waals surface area (Å²) in [6.07, 6.45) is 1.63. The summed E-state index contributed by atoms with van der Waals surface area (Å²) in [5.74, 6) is -1.13. The quantitative estimate of drug-likeness (QED) is 0.751. The lowest BCUT2D eigenvalue weighted by molar-refractivity contribution is -0.120. The minimum atomic E-state index is -3.76. The SMILES string of the molecule is CC[C@@H](NC(=O)CN(c1ccc(F)c(Cl)c1)S(C)(=O)=O)c1ccc(C)cc1. The van der Waals surface area contributed by atoms with Gasteiger partial charge in [0.25, 0.3) is 0 Å². The van der Waals surface area contributed by atoms with E-state index in [4.69, 9.17) is 11.6 Å². The molecule has 0 aromatic heterocycles. The van der Waals surface area contributed by atoms with Gasteiger partial charge in [0.1, 0.15) is 12.4 Å². The van der Waals surface area contributed by atoms with E-state index in [9.17, 15) is 17.6 Å². The van der Waals surface area contributed by atoms with Crippen molar-refractivity contribution in [2.75, 3.05) is 17.1 Å². The number of carbonyl (C=O) groups excluding carboxylic acids is 1. The van der Waals surface area contributed by atoms with Gasteiger partial charge >= 0.3 is 0 Å². The van der Waals surface area contributed by atoms with Crippen LogP contribution in [0.15, 0.2) is 42.5 Å². The highest BCUT2D eigenvalue weighted by atomic mass is 35.5. The molecule has 0 bridgehead atoms. The van der Waals surface area contributed by atoms with E-state index in [0.717, 1.165) is 27.8 Å². The molecule has 2 aromatic rings. The zero-order valence-electron chi connectivity index (χ0n) is 15.4. The average Bonchev–Trinajstić information content (AvgIpc) is 2.60. The van der Waals surface area contributed by atoms with Crippen molar-refractivity contribution in [3.05, 3.63) is 64.4 Å². The van der Waals surface area contributed by atoms with Crippen molar-refractivity contribution in [2.24, 2.45) is 0 Å². The standard InChI is InChI=1S/C19H22ClFN2O3S/c1-4-18(14-7-5-13(2)6-8-14)22-19(24)12-23(27(3,25)26)15-9-10-17(21)16(20)11-15/h5-11,18H,4,12H2,1-3H3,(H,22,24)/t18-/m1/s1. The Morgan fingerprint density at radius 1 is 1.22 bits per heavy atom. The number of anilines is 1. The summed E-state index contributed by atoms with van der Waals surface area (Å²) in [7, 11) is -3.76. The fraction of sp³-hybridized carbons (Fsp3) is 0.316. The second kappa shape index (κ2) is 8.71. The molecule has 0 heterocycles. The topological polar surface area (TPSA) is 66.5 Å². The van der Waals surface area contributed by atoms with E-state index in [0.29, 0.717) is 6.42 Å². The van der Waals surface area contributed by atoms with Crippen molar-refractivity contribution in [1.29, 1.82) is 0 Å². The molecule has 5 nitrogen and oxygen atoms in total. The number of halogens is 2. The molecule has 27 heavy (non-hydrogen) atoms. The highest BCUT2D eigenvalue weighted by molar-refractivity contribution is 7.92. The molecule has 0 aliphatic rings. The Morgan fingerprint density at radius 3 is 2.37 bits per heavy atom. The highest BCUT2D eigenvalue weighted by Gasteiger charge is 2.23. The lowest BCUT2D eigenvalue weighted by Crippen LogP contribution is -2.41. The molecule has 0 saturated heterocycles. The van der Waals surface area contributed by atoms with Crippen LogP contribution >= 0.6 is 11.6 Å². The zero-order chi connectivity index (χ0) is 20.2. The summed E-state index contributed by atoms with van der Waals surface area (Å²) >= 11 is 5.75. The van der Waals surface area contributed by atoms with Gasteiger partial charge in [0, 0.05) is 0 Å². The summed E-state index contributed by atoms with van der Waals surface area (Å²) in [4.78, 5) is 12.5. The lowest BCUT2D eigenvalue weighted by atomic mass is 10.0. The van der Waals surface area contributed by atoms with E-state index in [-0.39, 0.29) is 16.8 Å². The van der Waals surface area contributed by atoms with Crippen molar-refractivity contribution in [3.63, 3.8) is 0 Å². The van der Waals surface area contributed by atoms with Crippen LogP contribution in [0, 0.1) is 12.7 Å². The van der Waals surface area contributed by atoms with E-state index in [1.807, 2.05) is 38.1 Å². The maximum Gasteiger partial charge on any atom is 0.241 e. The van der Waals surface area contributed by atoms with Gasteiger partial charge in [-0.1, -0.05) is 48.4 Å². The maximum atomic E-state index is 13.4. The molecule has 0 aliphatic carbocycles. The average molecular weight is 413 g/mol. The zero-order valence-corrected chi connectivity index (χ0v) is 16.9. The molecule has 2 aromatic carbocycles. The predicted molar refractivity (Wildman–Crippen MR) is 106 cm³/mol. The molecule has 0 fully saturated rings. The molecule has 1 amide bonds. The van der Waals surface area contributed by atoms with Crippen LogP contribution in [0.2, 0.25) is 5.02 Å². The minimum Gasteiger partial charge on any atom is -0.348 e. The molecule has 0 saturated carbocycles. The molecule has 8 heteroatoms. The number of hydrogen-bond donors (Lipinski definition) is 1. The number of carbonyl (C=O) groups is 1. The molecule has 0 unspecified atom stereocenters. The van der Waals surface area contributed by atoms with Gasteiger partial charge in [-0.25, -0.2) is 12.8 Å². The first-order chi connectivity index (χ1) is 12.6. The van der Waals surface area contributed by atoms with Crippen LogP contribution in [0.5, 0.6) is 0 Å². The Morgan fingerprint density at radius 2 is 1.85 bits per heavy atom. The van der Waals surface area contributed by atoms with E-state index in [1.54, 1.807) is 0 Å². The molecule has 0 spiro atoms. The van der Waals surface area contributed by atoms with Crippen LogP contribution in [-0.2, 0) is 14.8 Å². The number of sulfonamides is 1. The number of amides is 1. The minimum absolute atomic E-state index is 0.127. The number of aryl methyl sites for hydroxylation is 1. The number of hydrogen-bond acceptors (Lipinski definition) is 3. The van der Waals surface area contributed by atoms with Gasteiger partial charge in [-0.05, 0) is 37.1 Å². The van der Waals surface area contributed by atoms with Crippen LogP contribution < -0.4 is 9.62 Å². The Balaban J connectivity index is 2.20. The van der Waals surface area contributed by atoms with E-state index >= 15 is 0 Å². The first-order valence-corrected chi connectivity index (χ1v) is 10.6. The largest absolute Gasteiger partial charge is 0.348 e. The monoisotopic (exact) mass is 412 g/mol. The van der Waals surface area contributed by atoms with Gasteiger partial charge in [-0.2, -0.15) is 0 Å². The third-order valence-corrected chi connectivity index (χ3v) is 5.53. The third kappa shape index (κ3) is 5.68. The molecule has 1 N–H and O–H groups in total. The van der Waals surface area contributed by atoms with Crippen LogP contribution in [0.3, 0.4) is 0 Å². The van der Waals surface area contributed by atoms with Gasteiger partial charge in [0.2, 0.25) is 15.9 Å². The predicted octanol–water partition coefficient (Wildman–Crippen LogP) is 3.82. The van der Waals surface area contributed by atoms with Gasteiger partial charge in [0.05, 0.1) is 23.0 Å². The fourth-order valence-corrected chi connectivity index (χ4v) is 3.65. The van der Waals surface area contributed by atoms with E-state index in [2.05, 4.69) is 5.32 Å². The Kier molecular flexibility index (Phi) is 6.84. The van der Waals surface area contributed by atoms with E-state index in [1.165, 1.54) is 12.1 Å². The Labute approximate surface area is 164 Å². The third-order valence-electron chi connectivity index (χ3n) is 4.10. The Hall–Kier alpha value is -2.12. The van der Waals surface area contributed by atoms with Crippen LogP contribution in [-0.4, -0.2) is 27.1 Å². The lowest BCUT2D eigenvalue weighted by Gasteiger charge is -2.24. The molecule has 146 valence electrons. The summed E-state index contributed by atoms with van der Waals surface area (Å²) in [5, 5.41) is 2.63. The van der Waals surface area contributed by atoms with Crippen molar-refractivity contribution in [2.45, 2.75) is 26.3 Å². The van der Waals surface area contributed by atoms with Crippen LogP contribution in [0.4, 0.5) is 10.1 Å². The second-order valence-corrected chi connectivity index (χ2v) is 8.62. The first kappa shape index (κ1) is 21.2. The molecule has 0 radical (unpaired) electrons. The number of rotatable bonds is 7. The summed E-state index contributed by atoms with van der Waals surface area (Å²) in [6, 6.07) is 11.0. The van der Waals surface area contributed by atoms with Gasteiger partial charge in [-0.15, -0.1) is 0 Å². The van der Waals surface area contributed by atoms with Gasteiger partial charge < -0.3 is 5.32 Å². The molecule has 2 rings (SSSR count).